The van der Waals surface area contributed by atoms with Gasteiger partial charge in [-0.3, -0.25) is 9.52 Å². The molecule has 4 aromatic rings. The molecule has 188 valence electrons. The molecule has 0 bridgehead atoms. The molecule has 9 heteroatoms. The summed E-state index contributed by atoms with van der Waals surface area (Å²) in [6.07, 6.45) is 3.32. The van der Waals surface area contributed by atoms with Crippen molar-refractivity contribution < 1.29 is 22.0 Å². The second kappa shape index (κ2) is 9.46. The van der Waals surface area contributed by atoms with Crippen molar-refractivity contribution in [3.63, 3.8) is 0 Å². The maximum atomic E-state index is 15.2. The number of H-pyrrole nitrogens is 1. The highest BCUT2D eigenvalue weighted by atomic mass is 32.2. The lowest BCUT2D eigenvalue weighted by molar-refractivity contribution is 0.103. The minimum absolute atomic E-state index is 0.00558. The Balaban J connectivity index is 1.75. The van der Waals surface area contributed by atoms with E-state index in [9.17, 15) is 17.6 Å². The number of ketones is 1. The lowest BCUT2D eigenvalue weighted by Gasteiger charge is -2.19. The number of benzene rings is 2. The SMILES string of the molecule is CCCS(=O)(=O)Nc1ccc(F)c(C(=O)c2c[nH]c3ncc(-c4ccc(C(C)(C)C)cc4)cc23)c1F. The van der Waals surface area contributed by atoms with Crippen LogP contribution in [0.1, 0.15) is 55.6 Å². The molecule has 36 heavy (non-hydrogen) atoms. The molecule has 0 spiro atoms. The molecule has 0 unspecified atom stereocenters. The number of nitrogens with one attached hydrogen (secondary N) is 2. The summed E-state index contributed by atoms with van der Waals surface area (Å²) in [6.45, 7) is 8.02. The Bertz CT molecular complexity index is 1550. The number of carbonyl (C=O) groups excluding carboxylic acids is 1. The standard InChI is InChI=1S/C27H27F2N3O3S/c1-5-12-36(34,35)32-22-11-10-21(28)23(24(22)29)25(33)20-15-31-26-19(20)13-17(14-30-26)16-6-8-18(9-7-16)27(2,3)4/h6-11,13-15,32H,5,12H2,1-4H3,(H,30,31). The molecule has 2 N–H and O–H groups in total. The van der Waals surface area contributed by atoms with E-state index < -0.39 is 38.7 Å². The van der Waals surface area contributed by atoms with Gasteiger partial charge in [0.2, 0.25) is 15.8 Å². The maximum absolute atomic E-state index is 15.2. The summed E-state index contributed by atoms with van der Waals surface area (Å²) in [4.78, 5) is 20.5. The van der Waals surface area contributed by atoms with E-state index >= 15 is 4.39 Å². The third kappa shape index (κ3) is 5.02. The number of hydrogen-bond donors (Lipinski definition) is 2. The minimum atomic E-state index is -3.84. The molecule has 0 radical (unpaired) electrons. The molecule has 0 aliphatic carbocycles. The summed E-state index contributed by atoms with van der Waals surface area (Å²) in [7, 11) is -3.84. The molecule has 2 aromatic carbocycles. The topological polar surface area (TPSA) is 91.9 Å². The van der Waals surface area contributed by atoms with Gasteiger partial charge in [0, 0.05) is 28.9 Å². The normalized spacial score (nSPS) is 12.2. The fourth-order valence-corrected chi connectivity index (χ4v) is 5.11. The van der Waals surface area contributed by atoms with Gasteiger partial charge in [-0.1, -0.05) is 52.0 Å². The van der Waals surface area contributed by atoms with Gasteiger partial charge in [0.1, 0.15) is 11.5 Å². The number of pyridine rings is 1. The van der Waals surface area contributed by atoms with Gasteiger partial charge in [-0.25, -0.2) is 22.2 Å². The number of halogens is 2. The Hall–Kier alpha value is -3.59. The summed E-state index contributed by atoms with van der Waals surface area (Å²) >= 11 is 0. The number of carbonyl (C=O) groups is 1. The minimum Gasteiger partial charge on any atom is -0.345 e. The van der Waals surface area contributed by atoms with Crippen LogP contribution >= 0.6 is 0 Å². The summed E-state index contributed by atoms with van der Waals surface area (Å²) in [5.74, 6) is -3.52. The summed E-state index contributed by atoms with van der Waals surface area (Å²) in [5, 5.41) is 0.396. The van der Waals surface area contributed by atoms with E-state index in [2.05, 4.69) is 35.5 Å². The zero-order chi connectivity index (χ0) is 26.3. The van der Waals surface area contributed by atoms with Crippen molar-refractivity contribution in [2.24, 2.45) is 0 Å². The fourth-order valence-electron chi connectivity index (χ4n) is 3.97. The van der Waals surface area contributed by atoms with Crippen molar-refractivity contribution in [3.05, 3.63) is 83.2 Å². The third-order valence-corrected chi connectivity index (χ3v) is 7.39. The third-order valence-electron chi connectivity index (χ3n) is 5.92. The first kappa shape index (κ1) is 25.5. The molecule has 4 rings (SSSR count). The summed E-state index contributed by atoms with van der Waals surface area (Å²) in [6, 6.07) is 11.5. The Kier molecular flexibility index (Phi) is 6.70. The van der Waals surface area contributed by atoms with Crippen LogP contribution in [0.3, 0.4) is 0 Å². The lowest BCUT2D eigenvalue weighted by atomic mass is 9.86. The van der Waals surface area contributed by atoms with E-state index in [1.54, 1.807) is 19.2 Å². The van der Waals surface area contributed by atoms with Gasteiger partial charge >= 0.3 is 0 Å². The van der Waals surface area contributed by atoms with Crippen molar-refractivity contribution in [3.8, 4) is 11.1 Å². The van der Waals surface area contributed by atoms with Crippen LogP contribution in [0.15, 0.2) is 54.9 Å². The molecule has 0 fully saturated rings. The lowest BCUT2D eigenvalue weighted by Crippen LogP contribution is -2.18. The van der Waals surface area contributed by atoms with Gasteiger partial charge in [0.05, 0.1) is 17.0 Å². The molecule has 2 aromatic heterocycles. The Morgan fingerprint density at radius 2 is 1.75 bits per heavy atom. The van der Waals surface area contributed by atoms with Gasteiger partial charge in [0.25, 0.3) is 0 Å². The molecule has 0 saturated carbocycles. The van der Waals surface area contributed by atoms with E-state index in [-0.39, 0.29) is 16.7 Å². The highest BCUT2D eigenvalue weighted by Gasteiger charge is 2.26. The number of fused-ring (bicyclic) bond motifs is 1. The van der Waals surface area contributed by atoms with Crippen LogP contribution < -0.4 is 4.72 Å². The van der Waals surface area contributed by atoms with Crippen LogP contribution in [0.4, 0.5) is 14.5 Å². The van der Waals surface area contributed by atoms with E-state index in [1.165, 1.54) is 6.20 Å². The number of aromatic amines is 1. The van der Waals surface area contributed by atoms with Gasteiger partial charge < -0.3 is 4.98 Å². The quantitative estimate of drug-likeness (QED) is 0.290. The highest BCUT2D eigenvalue weighted by Crippen LogP contribution is 2.31. The second-order valence-electron chi connectivity index (χ2n) is 9.68. The number of anilines is 1. The van der Waals surface area contributed by atoms with Crippen LogP contribution in [0, 0.1) is 11.6 Å². The molecule has 0 aliphatic rings. The Morgan fingerprint density at radius 1 is 1.06 bits per heavy atom. The predicted octanol–water partition coefficient (Wildman–Crippen LogP) is 6.19. The second-order valence-corrected chi connectivity index (χ2v) is 11.5. The van der Waals surface area contributed by atoms with Crippen LogP contribution in [-0.2, 0) is 15.4 Å². The first-order valence-corrected chi connectivity index (χ1v) is 13.2. The smallest absolute Gasteiger partial charge is 0.232 e. The number of hydrogen-bond acceptors (Lipinski definition) is 4. The van der Waals surface area contributed by atoms with Crippen molar-refractivity contribution in [1.82, 2.24) is 9.97 Å². The zero-order valence-corrected chi connectivity index (χ0v) is 21.3. The van der Waals surface area contributed by atoms with E-state index in [4.69, 9.17) is 0 Å². The van der Waals surface area contributed by atoms with Crippen molar-refractivity contribution in [1.29, 1.82) is 0 Å². The van der Waals surface area contributed by atoms with Crippen molar-refractivity contribution >= 4 is 32.5 Å². The Labute approximate surface area is 208 Å². The number of aromatic nitrogens is 2. The molecule has 0 atom stereocenters. The van der Waals surface area contributed by atoms with E-state index in [0.717, 1.165) is 28.8 Å². The molecule has 0 amide bonds. The van der Waals surface area contributed by atoms with Crippen molar-refractivity contribution in [2.45, 2.75) is 39.5 Å². The van der Waals surface area contributed by atoms with E-state index in [0.29, 0.717) is 17.5 Å². The number of rotatable bonds is 7. The van der Waals surface area contributed by atoms with Gasteiger partial charge in [-0.05, 0) is 41.2 Å². The zero-order valence-electron chi connectivity index (χ0n) is 20.4. The Morgan fingerprint density at radius 3 is 2.39 bits per heavy atom. The summed E-state index contributed by atoms with van der Waals surface area (Å²) < 4.78 is 56.2. The molecular weight excluding hydrogens is 484 g/mol. The largest absolute Gasteiger partial charge is 0.345 e. The predicted molar refractivity (Wildman–Crippen MR) is 138 cm³/mol. The van der Waals surface area contributed by atoms with Gasteiger partial charge in [-0.2, -0.15) is 0 Å². The monoisotopic (exact) mass is 511 g/mol. The highest BCUT2D eigenvalue weighted by molar-refractivity contribution is 7.92. The van der Waals surface area contributed by atoms with Crippen molar-refractivity contribution in [2.75, 3.05) is 10.5 Å². The first-order chi connectivity index (χ1) is 16.9. The van der Waals surface area contributed by atoms with Crippen LogP contribution in [0.5, 0.6) is 0 Å². The number of sulfonamides is 1. The molecule has 0 saturated heterocycles. The van der Waals surface area contributed by atoms with Crippen LogP contribution in [-0.4, -0.2) is 29.9 Å². The molecule has 0 aliphatic heterocycles. The maximum Gasteiger partial charge on any atom is 0.232 e. The fraction of sp³-hybridized carbons (Fsp3) is 0.259. The average molecular weight is 512 g/mol. The molecule has 2 heterocycles. The van der Waals surface area contributed by atoms with Crippen LogP contribution in [0.2, 0.25) is 0 Å². The first-order valence-electron chi connectivity index (χ1n) is 11.5. The van der Waals surface area contributed by atoms with Gasteiger partial charge in [-0.15, -0.1) is 0 Å². The average Bonchev–Trinajstić information content (AvgIpc) is 3.24. The van der Waals surface area contributed by atoms with Crippen LogP contribution in [0.25, 0.3) is 22.2 Å². The number of nitrogens with zero attached hydrogens (tertiary/aromatic N) is 1. The van der Waals surface area contributed by atoms with E-state index in [1.807, 2.05) is 24.3 Å². The van der Waals surface area contributed by atoms with Gasteiger partial charge in [0.15, 0.2) is 5.82 Å². The molecular formula is C27H27F2N3O3S. The molecule has 6 nitrogen and oxygen atoms in total. The summed E-state index contributed by atoms with van der Waals surface area (Å²) in [5.41, 5.74) is 1.86.